The van der Waals surface area contributed by atoms with Crippen LogP contribution in [-0.4, -0.2) is 21.4 Å². The highest BCUT2D eigenvalue weighted by Gasteiger charge is 2.25. The molecule has 2 heterocycles. The number of hydrogen-bond acceptors (Lipinski definition) is 3. The second kappa shape index (κ2) is 5.89. The minimum atomic E-state index is 0.278. The van der Waals surface area contributed by atoms with Crippen molar-refractivity contribution < 1.29 is 5.11 Å². The maximum absolute atomic E-state index is 9.81. The van der Waals surface area contributed by atoms with Crippen molar-refractivity contribution in [2.24, 2.45) is 0 Å². The average Bonchev–Trinajstić information content (AvgIpc) is 3.25. The van der Waals surface area contributed by atoms with Gasteiger partial charge < -0.3 is 10.4 Å². The number of hydrogen-bond donors (Lipinski definition) is 2. The maximum Gasteiger partial charge on any atom is 0.116 e. The van der Waals surface area contributed by atoms with E-state index in [4.69, 9.17) is 0 Å². The van der Waals surface area contributed by atoms with E-state index in [-0.39, 0.29) is 11.8 Å². The van der Waals surface area contributed by atoms with Gasteiger partial charge in [-0.25, -0.2) is 4.68 Å². The van der Waals surface area contributed by atoms with Crippen molar-refractivity contribution in [3.8, 4) is 22.6 Å². The van der Waals surface area contributed by atoms with Crippen LogP contribution >= 0.6 is 0 Å². The second-order valence-electron chi connectivity index (χ2n) is 5.89. The van der Waals surface area contributed by atoms with Gasteiger partial charge in [0.25, 0.3) is 0 Å². The minimum Gasteiger partial charge on any atom is -0.508 e. The van der Waals surface area contributed by atoms with E-state index >= 15 is 0 Å². The highest BCUT2D eigenvalue weighted by Crippen LogP contribution is 2.35. The lowest BCUT2D eigenvalue weighted by Crippen LogP contribution is -2.17. The molecule has 0 radical (unpaired) electrons. The molecule has 4 nitrogen and oxygen atoms in total. The van der Waals surface area contributed by atoms with Crippen LogP contribution in [0.1, 0.15) is 24.6 Å². The molecule has 1 atom stereocenters. The molecule has 4 heteroatoms. The monoisotopic (exact) mass is 305 g/mol. The number of aromatic nitrogens is 2. The van der Waals surface area contributed by atoms with Crippen LogP contribution in [0.15, 0.2) is 60.8 Å². The Bertz CT molecular complexity index is 804. The van der Waals surface area contributed by atoms with Crippen LogP contribution in [0.3, 0.4) is 0 Å². The minimum absolute atomic E-state index is 0.278. The molecule has 0 saturated carbocycles. The summed E-state index contributed by atoms with van der Waals surface area (Å²) in [5.41, 5.74) is 4.29. The van der Waals surface area contributed by atoms with E-state index in [2.05, 4.69) is 22.5 Å². The summed E-state index contributed by atoms with van der Waals surface area (Å²) in [5.74, 6) is 0.278. The van der Waals surface area contributed by atoms with Gasteiger partial charge in [0.1, 0.15) is 5.75 Å². The molecule has 116 valence electrons. The Labute approximate surface area is 135 Å². The van der Waals surface area contributed by atoms with Gasteiger partial charge in [-0.05, 0) is 49.2 Å². The molecule has 1 aromatic heterocycles. The second-order valence-corrected chi connectivity index (χ2v) is 5.89. The molecule has 23 heavy (non-hydrogen) atoms. The molecule has 1 aliphatic rings. The number of nitrogens with zero attached hydrogens (tertiary/aromatic N) is 2. The summed E-state index contributed by atoms with van der Waals surface area (Å²) in [7, 11) is 0. The number of phenolic OH excluding ortho intramolecular Hbond substituents is 1. The summed E-state index contributed by atoms with van der Waals surface area (Å²) in [4.78, 5) is 0. The fraction of sp³-hybridized carbons (Fsp3) is 0.211. The first kappa shape index (κ1) is 14.0. The lowest BCUT2D eigenvalue weighted by molar-refractivity contribution is 0.475. The molecule has 1 fully saturated rings. The van der Waals surface area contributed by atoms with Gasteiger partial charge in [-0.15, -0.1) is 0 Å². The molecule has 0 aliphatic carbocycles. The van der Waals surface area contributed by atoms with Crippen LogP contribution in [-0.2, 0) is 0 Å². The summed E-state index contributed by atoms with van der Waals surface area (Å²) in [6.07, 6.45) is 4.17. The van der Waals surface area contributed by atoms with Gasteiger partial charge in [0, 0.05) is 5.56 Å². The number of phenols is 1. The van der Waals surface area contributed by atoms with Gasteiger partial charge in [0.05, 0.1) is 23.6 Å². The fourth-order valence-corrected chi connectivity index (χ4v) is 3.28. The van der Waals surface area contributed by atoms with Crippen molar-refractivity contribution in [2.75, 3.05) is 6.54 Å². The van der Waals surface area contributed by atoms with Gasteiger partial charge in [-0.3, -0.25) is 0 Å². The van der Waals surface area contributed by atoms with Gasteiger partial charge in [0.2, 0.25) is 0 Å². The lowest BCUT2D eigenvalue weighted by atomic mass is 10.0. The Morgan fingerprint density at radius 2 is 1.96 bits per heavy atom. The average molecular weight is 305 g/mol. The van der Waals surface area contributed by atoms with Crippen molar-refractivity contribution in [1.29, 1.82) is 0 Å². The number of nitrogens with one attached hydrogen (secondary N) is 1. The van der Waals surface area contributed by atoms with E-state index in [0.29, 0.717) is 0 Å². The van der Waals surface area contributed by atoms with E-state index in [0.717, 1.165) is 29.8 Å². The SMILES string of the molecule is Oc1cccc(-c2cnn(-c3ccccc3)c2C2CCCN2)c1. The predicted octanol–water partition coefficient (Wildman–Crippen LogP) is 3.67. The molecule has 0 amide bonds. The smallest absolute Gasteiger partial charge is 0.116 e. The molecule has 1 unspecified atom stereocenters. The van der Waals surface area contributed by atoms with Crippen molar-refractivity contribution in [3.05, 3.63) is 66.5 Å². The van der Waals surface area contributed by atoms with Gasteiger partial charge in [-0.1, -0.05) is 30.3 Å². The molecule has 0 bridgehead atoms. The van der Waals surface area contributed by atoms with Crippen molar-refractivity contribution in [2.45, 2.75) is 18.9 Å². The quantitative estimate of drug-likeness (QED) is 0.776. The summed E-state index contributed by atoms with van der Waals surface area (Å²) in [6.45, 7) is 1.03. The summed E-state index contributed by atoms with van der Waals surface area (Å²) < 4.78 is 2.02. The Hall–Kier alpha value is -2.59. The van der Waals surface area contributed by atoms with E-state index in [1.165, 1.54) is 12.1 Å². The first-order valence-corrected chi connectivity index (χ1v) is 7.99. The molecule has 0 spiro atoms. The molecule has 1 saturated heterocycles. The molecule has 2 N–H and O–H groups in total. The molecule has 4 rings (SSSR count). The molecule has 1 aliphatic heterocycles. The first-order chi connectivity index (χ1) is 11.3. The fourth-order valence-electron chi connectivity index (χ4n) is 3.28. The molecular weight excluding hydrogens is 286 g/mol. The van der Waals surface area contributed by atoms with E-state index < -0.39 is 0 Å². The standard InChI is InChI=1S/C19H19N3O/c23-16-9-4-6-14(12-16)17-13-21-22(15-7-2-1-3-8-15)19(17)18-10-5-11-20-18/h1-4,6-9,12-13,18,20,23H,5,10-11H2. The van der Waals surface area contributed by atoms with E-state index in [9.17, 15) is 5.11 Å². The van der Waals surface area contributed by atoms with E-state index in [1.54, 1.807) is 12.1 Å². The van der Waals surface area contributed by atoms with Crippen molar-refractivity contribution >= 4 is 0 Å². The van der Waals surface area contributed by atoms with Crippen molar-refractivity contribution in [1.82, 2.24) is 15.1 Å². The summed E-state index contributed by atoms with van der Waals surface area (Å²) in [6, 6.07) is 17.9. The number of para-hydroxylation sites is 1. The number of benzene rings is 2. The Kier molecular flexibility index (Phi) is 3.60. The number of rotatable bonds is 3. The maximum atomic E-state index is 9.81. The third-order valence-corrected chi connectivity index (χ3v) is 4.35. The van der Waals surface area contributed by atoms with E-state index in [1.807, 2.05) is 41.2 Å². The summed E-state index contributed by atoms with van der Waals surface area (Å²) >= 11 is 0. The van der Waals surface area contributed by atoms with Gasteiger partial charge >= 0.3 is 0 Å². The Morgan fingerprint density at radius 1 is 1.09 bits per heavy atom. The third-order valence-electron chi connectivity index (χ3n) is 4.35. The highest BCUT2D eigenvalue weighted by atomic mass is 16.3. The van der Waals surface area contributed by atoms with Crippen LogP contribution in [0.4, 0.5) is 0 Å². The topological polar surface area (TPSA) is 50.1 Å². The van der Waals surface area contributed by atoms with Gasteiger partial charge in [0.15, 0.2) is 0 Å². The zero-order chi connectivity index (χ0) is 15.6. The number of aromatic hydroxyl groups is 1. The lowest BCUT2D eigenvalue weighted by Gasteiger charge is -2.16. The zero-order valence-corrected chi connectivity index (χ0v) is 12.8. The van der Waals surface area contributed by atoms with Crippen molar-refractivity contribution in [3.63, 3.8) is 0 Å². The normalized spacial score (nSPS) is 17.5. The Morgan fingerprint density at radius 3 is 2.70 bits per heavy atom. The van der Waals surface area contributed by atoms with Crippen LogP contribution in [0.25, 0.3) is 16.8 Å². The highest BCUT2D eigenvalue weighted by molar-refractivity contribution is 5.68. The third kappa shape index (κ3) is 2.62. The Balaban J connectivity index is 1.88. The largest absolute Gasteiger partial charge is 0.508 e. The van der Waals surface area contributed by atoms with Crippen LogP contribution in [0.2, 0.25) is 0 Å². The van der Waals surface area contributed by atoms with Gasteiger partial charge in [-0.2, -0.15) is 5.10 Å². The summed E-state index contributed by atoms with van der Waals surface area (Å²) in [5, 5.41) is 18.0. The van der Waals surface area contributed by atoms with Crippen LogP contribution < -0.4 is 5.32 Å². The zero-order valence-electron chi connectivity index (χ0n) is 12.8. The molecule has 2 aromatic carbocycles. The van der Waals surface area contributed by atoms with Crippen LogP contribution in [0, 0.1) is 0 Å². The molecular formula is C19H19N3O. The first-order valence-electron chi connectivity index (χ1n) is 7.99. The van der Waals surface area contributed by atoms with Crippen LogP contribution in [0.5, 0.6) is 5.75 Å². The predicted molar refractivity (Wildman–Crippen MR) is 90.6 cm³/mol. The molecule has 3 aromatic rings.